The summed E-state index contributed by atoms with van der Waals surface area (Å²) < 4.78 is 41.7. The Bertz CT molecular complexity index is 907. The van der Waals surface area contributed by atoms with Gasteiger partial charge in [0.25, 0.3) is 10.0 Å². The summed E-state index contributed by atoms with van der Waals surface area (Å²) in [4.78, 5) is 11.7. The number of sulfonamides is 1. The van der Waals surface area contributed by atoms with Gasteiger partial charge in [-0.1, -0.05) is 0 Å². The third-order valence-corrected chi connectivity index (χ3v) is 4.53. The predicted octanol–water partition coefficient (Wildman–Crippen LogP) is 2.06. The number of esters is 1. The van der Waals surface area contributed by atoms with E-state index < -0.39 is 16.0 Å². The standard InChI is InChI=1S/C15H14N2O6S/c1-9-13(15(18)22-3)12(8-16)14(23-9)17-24(19,20)11-6-4-10(21-2)5-7-11/h4-7,17H,1-3H3. The van der Waals surface area contributed by atoms with Gasteiger partial charge in [-0.15, -0.1) is 0 Å². The van der Waals surface area contributed by atoms with Gasteiger partial charge in [0, 0.05) is 0 Å². The highest BCUT2D eigenvalue weighted by atomic mass is 32.2. The minimum absolute atomic E-state index is 0.0548. The van der Waals surface area contributed by atoms with Crippen molar-refractivity contribution in [2.45, 2.75) is 11.8 Å². The fourth-order valence-corrected chi connectivity index (χ4v) is 3.01. The number of furan rings is 1. The third kappa shape index (κ3) is 3.18. The predicted molar refractivity (Wildman–Crippen MR) is 83.3 cm³/mol. The zero-order valence-electron chi connectivity index (χ0n) is 13.1. The molecule has 1 aromatic carbocycles. The van der Waals surface area contributed by atoms with Crippen LogP contribution in [0, 0.1) is 18.3 Å². The highest BCUT2D eigenvalue weighted by molar-refractivity contribution is 7.92. The van der Waals surface area contributed by atoms with Crippen molar-refractivity contribution in [2.75, 3.05) is 18.9 Å². The number of anilines is 1. The second-order valence-corrected chi connectivity index (χ2v) is 6.30. The summed E-state index contributed by atoms with van der Waals surface area (Å²) in [6.07, 6.45) is 0. The first kappa shape index (κ1) is 17.4. The molecule has 0 aliphatic carbocycles. The number of hydrogen-bond donors (Lipinski definition) is 1. The average molecular weight is 350 g/mol. The molecule has 0 amide bonds. The molecule has 1 heterocycles. The van der Waals surface area contributed by atoms with Crippen molar-refractivity contribution in [1.29, 1.82) is 5.26 Å². The lowest BCUT2D eigenvalue weighted by Crippen LogP contribution is -2.13. The zero-order valence-corrected chi connectivity index (χ0v) is 13.9. The molecule has 0 fully saturated rings. The number of nitrogens with zero attached hydrogens (tertiary/aromatic N) is 1. The molecule has 0 saturated heterocycles. The van der Waals surface area contributed by atoms with Crippen LogP contribution in [0.1, 0.15) is 21.7 Å². The largest absolute Gasteiger partial charge is 0.497 e. The van der Waals surface area contributed by atoms with Gasteiger partial charge in [0.15, 0.2) is 0 Å². The number of methoxy groups -OCH3 is 2. The van der Waals surface area contributed by atoms with E-state index in [0.29, 0.717) is 5.75 Å². The van der Waals surface area contributed by atoms with Crippen LogP contribution in [0.4, 0.5) is 5.88 Å². The molecule has 0 aliphatic heterocycles. The van der Waals surface area contributed by atoms with Crippen LogP contribution in [0.15, 0.2) is 33.6 Å². The smallest absolute Gasteiger partial charge is 0.342 e. The quantitative estimate of drug-likeness (QED) is 0.820. The SMILES string of the molecule is COC(=O)c1c(C)oc(NS(=O)(=O)c2ccc(OC)cc2)c1C#N. The van der Waals surface area contributed by atoms with E-state index in [1.54, 1.807) is 6.07 Å². The van der Waals surface area contributed by atoms with E-state index in [2.05, 4.69) is 9.46 Å². The highest BCUT2D eigenvalue weighted by Gasteiger charge is 2.27. The van der Waals surface area contributed by atoms with Crippen LogP contribution < -0.4 is 9.46 Å². The van der Waals surface area contributed by atoms with Gasteiger partial charge >= 0.3 is 5.97 Å². The lowest BCUT2D eigenvalue weighted by Gasteiger charge is -2.06. The van der Waals surface area contributed by atoms with Crippen molar-refractivity contribution in [3.63, 3.8) is 0 Å². The first-order chi connectivity index (χ1) is 11.3. The van der Waals surface area contributed by atoms with Gasteiger partial charge in [-0.25, -0.2) is 17.9 Å². The van der Waals surface area contributed by atoms with Crippen LogP contribution in [0.25, 0.3) is 0 Å². The number of aryl methyl sites for hydroxylation is 1. The van der Waals surface area contributed by atoms with Crippen molar-refractivity contribution in [3.05, 3.63) is 41.2 Å². The number of hydrogen-bond acceptors (Lipinski definition) is 7. The molecular weight excluding hydrogens is 336 g/mol. The molecule has 2 aromatic rings. The zero-order chi connectivity index (χ0) is 17.9. The van der Waals surface area contributed by atoms with Gasteiger partial charge in [-0.3, -0.25) is 0 Å². The number of carbonyl (C=O) groups is 1. The number of rotatable bonds is 5. The maximum absolute atomic E-state index is 12.4. The maximum Gasteiger partial charge on any atom is 0.342 e. The van der Waals surface area contributed by atoms with Gasteiger partial charge in [0.2, 0.25) is 5.88 Å². The molecule has 0 spiro atoms. The topological polar surface area (TPSA) is 119 Å². The van der Waals surface area contributed by atoms with Crippen LogP contribution >= 0.6 is 0 Å². The van der Waals surface area contributed by atoms with Gasteiger partial charge in [0.1, 0.15) is 28.7 Å². The molecule has 0 unspecified atom stereocenters. The molecular formula is C15H14N2O6S. The van der Waals surface area contributed by atoms with Crippen molar-refractivity contribution >= 4 is 21.9 Å². The molecule has 0 aliphatic rings. The van der Waals surface area contributed by atoms with Gasteiger partial charge in [0.05, 0.1) is 19.1 Å². The molecule has 2 rings (SSSR count). The van der Waals surface area contributed by atoms with Gasteiger partial charge in [-0.05, 0) is 31.2 Å². The van der Waals surface area contributed by atoms with E-state index in [1.807, 2.05) is 0 Å². The third-order valence-electron chi connectivity index (χ3n) is 3.18. The van der Waals surface area contributed by atoms with Gasteiger partial charge < -0.3 is 13.9 Å². The molecule has 1 aromatic heterocycles. The summed E-state index contributed by atoms with van der Waals surface area (Å²) in [5, 5.41) is 9.22. The normalized spacial score (nSPS) is 10.8. The molecule has 0 saturated carbocycles. The highest BCUT2D eigenvalue weighted by Crippen LogP contribution is 2.29. The second kappa shape index (κ2) is 6.64. The lowest BCUT2D eigenvalue weighted by atomic mass is 10.1. The Morgan fingerprint density at radius 1 is 1.25 bits per heavy atom. The minimum atomic E-state index is -4.01. The monoisotopic (exact) mass is 350 g/mol. The second-order valence-electron chi connectivity index (χ2n) is 4.62. The fourth-order valence-electron chi connectivity index (χ4n) is 2.01. The van der Waals surface area contributed by atoms with Crippen LogP contribution in [-0.4, -0.2) is 28.6 Å². The summed E-state index contributed by atoms with van der Waals surface area (Å²) >= 11 is 0. The van der Waals surface area contributed by atoms with Crippen LogP contribution in [0.3, 0.4) is 0 Å². The number of ether oxygens (including phenoxy) is 2. The summed E-state index contributed by atoms with van der Waals surface area (Å²) in [7, 11) is -1.40. The summed E-state index contributed by atoms with van der Waals surface area (Å²) in [5.74, 6) is -0.562. The summed E-state index contributed by atoms with van der Waals surface area (Å²) in [5.41, 5.74) is -0.358. The fraction of sp³-hybridized carbons (Fsp3) is 0.200. The van der Waals surface area contributed by atoms with Crippen LogP contribution in [0.2, 0.25) is 0 Å². The molecule has 126 valence electrons. The van der Waals surface area contributed by atoms with E-state index in [1.165, 1.54) is 38.3 Å². The average Bonchev–Trinajstić information content (AvgIpc) is 2.88. The Morgan fingerprint density at radius 3 is 2.38 bits per heavy atom. The van der Waals surface area contributed by atoms with Crippen molar-refractivity contribution in [1.82, 2.24) is 0 Å². The van der Waals surface area contributed by atoms with Crippen LogP contribution in [0.5, 0.6) is 5.75 Å². The molecule has 0 atom stereocenters. The minimum Gasteiger partial charge on any atom is -0.497 e. The Labute approximate surface area is 138 Å². The van der Waals surface area contributed by atoms with Crippen molar-refractivity contribution < 1.29 is 27.1 Å². The molecule has 0 radical (unpaired) electrons. The molecule has 9 heteroatoms. The number of nitriles is 1. The number of carbonyl (C=O) groups excluding carboxylic acids is 1. The Balaban J connectivity index is 2.43. The molecule has 0 bridgehead atoms. The van der Waals surface area contributed by atoms with Crippen molar-refractivity contribution in [2.24, 2.45) is 0 Å². The first-order valence-electron chi connectivity index (χ1n) is 6.62. The maximum atomic E-state index is 12.4. The van der Waals surface area contributed by atoms with E-state index in [-0.39, 0.29) is 27.7 Å². The van der Waals surface area contributed by atoms with E-state index >= 15 is 0 Å². The van der Waals surface area contributed by atoms with E-state index in [0.717, 1.165) is 7.11 Å². The van der Waals surface area contributed by atoms with E-state index in [9.17, 15) is 18.5 Å². The molecule has 1 N–H and O–H groups in total. The Hall–Kier alpha value is -2.99. The summed E-state index contributed by atoms with van der Waals surface area (Å²) in [6.45, 7) is 1.43. The van der Waals surface area contributed by atoms with Crippen LogP contribution in [-0.2, 0) is 14.8 Å². The summed E-state index contributed by atoms with van der Waals surface area (Å²) in [6, 6.07) is 7.38. The number of nitrogens with one attached hydrogen (secondary N) is 1. The van der Waals surface area contributed by atoms with Gasteiger partial charge in [-0.2, -0.15) is 5.26 Å². The van der Waals surface area contributed by atoms with Crippen molar-refractivity contribution in [3.8, 4) is 11.8 Å². The molecule has 8 nitrogen and oxygen atoms in total. The number of benzene rings is 1. The lowest BCUT2D eigenvalue weighted by molar-refractivity contribution is 0.0598. The van der Waals surface area contributed by atoms with E-state index in [4.69, 9.17) is 9.15 Å². The first-order valence-corrected chi connectivity index (χ1v) is 8.11. The Kier molecular flexibility index (Phi) is 4.80. The molecule has 24 heavy (non-hydrogen) atoms. The Morgan fingerprint density at radius 2 is 1.88 bits per heavy atom.